The van der Waals surface area contributed by atoms with Gasteiger partial charge in [-0.2, -0.15) is 10.5 Å². The molecule has 10 nitrogen and oxygen atoms in total. The van der Waals surface area contributed by atoms with Crippen molar-refractivity contribution in [3.63, 3.8) is 0 Å². The Labute approximate surface area is 214 Å². The van der Waals surface area contributed by atoms with Crippen LogP contribution in [0.2, 0.25) is 0 Å². The Morgan fingerprint density at radius 3 is 2.43 bits per heavy atom. The van der Waals surface area contributed by atoms with E-state index in [9.17, 15) is 24.1 Å². The molecule has 3 heterocycles. The van der Waals surface area contributed by atoms with Gasteiger partial charge in [-0.25, -0.2) is 18.7 Å². The predicted molar refractivity (Wildman–Crippen MR) is 133 cm³/mol. The van der Waals surface area contributed by atoms with Crippen molar-refractivity contribution in [2.75, 3.05) is 49.3 Å². The lowest BCUT2D eigenvalue weighted by molar-refractivity contribution is -0.143. The summed E-state index contributed by atoms with van der Waals surface area (Å²) in [7, 11) is 0. The zero-order chi connectivity index (χ0) is 27.0. The number of hydrogen-bond donors (Lipinski definition) is 2. The van der Waals surface area contributed by atoms with Crippen molar-refractivity contribution in [3.05, 3.63) is 35.1 Å². The molecule has 0 aromatic carbocycles. The maximum atomic E-state index is 13.5. The molecule has 1 aromatic rings. The molecule has 1 atom stereocenters. The van der Waals surface area contributed by atoms with Crippen molar-refractivity contribution >= 4 is 17.5 Å². The van der Waals surface area contributed by atoms with Crippen LogP contribution in [0.3, 0.4) is 0 Å². The molecule has 3 aliphatic rings. The minimum Gasteiger partial charge on any atom is -0.401 e. The summed E-state index contributed by atoms with van der Waals surface area (Å²) in [6.07, 6.45) is 5.98. The molecule has 1 amide bonds. The molecule has 196 valence electrons. The van der Waals surface area contributed by atoms with Crippen LogP contribution in [0.4, 0.5) is 20.4 Å². The van der Waals surface area contributed by atoms with E-state index in [1.165, 1.54) is 11.2 Å². The second-order valence-electron chi connectivity index (χ2n) is 10.2. The lowest BCUT2D eigenvalue weighted by atomic mass is 9.66. The van der Waals surface area contributed by atoms with Gasteiger partial charge in [0.2, 0.25) is 5.91 Å². The maximum absolute atomic E-state index is 13.5. The Bertz CT molecular complexity index is 1220. The smallest absolute Gasteiger partial charge is 0.248 e. The van der Waals surface area contributed by atoms with Gasteiger partial charge in [-0.3, -0.25) is 4.79 Å². The largest absolute Gasteiger partial charge is 0.401 e. The number of rotatable bonds is 6. The fourth-order valence-electron chi connectivity index (χ4n) is 5.52. The maximum Gasteiger partial charge on any atom is 0.248 e. The lowest BCUT2D eigenvalue weighted by Gasteiger charge is -2.44. The number of carbonyl (C=O) groups is 1. The Kier molecular flexibility index (Phi) is 6.96. The first kappa shape index (κ1) is 26.1. The normalized spacial score (nSPS) is 21.6. The van der Waals surface area contributed by atoms with Crippen LogP contribution in [0, 0.1) is 28.1 Å². The number of carbonyl (C=O) groups excluding carboxylic acids is 1. The molecule has 2 fully saturated rings. The van der Waals surface area contributed by atoms with Gasteiger partial charge < -0.3 is 26.2 Å². The van der Waals surface area contributed by atoms with Crippen LogP contribution in [-0.2, 0) is 10.2 Å². The number of piperazine rings is 1. The number of nitriles is 2. The van der Waals surface area contributed by atoms with Crippen LogP contribution < -0.4 is 21.3 Å². The molecule has 0 unspecified atom stereocenters. The Hall–Kier alpha value is -3.93. The quantitative estimate of drug-likeness (QED) is 0.430. The molecule has 2 aliphatic heterocycles. The summed E-state index contributed by atoms with van der Waals surface area (Å²) in [6.45, 7) is 2.39. The number of halogens is 2. The van der Waals surface area contributed by atoms with Crippen LogP contribution in [0.25, 0.3) is 0 Å². The Morgan fingerprint density at radius 1 is 1.24 bits per heavy atom. The molecule has 1 saturated heterocycles. The van der Waals surface area contributed by atoms with Crippen molar-refractivity contribution < 1.29 is 13.6 Å². The molecule has 1 spiro atoms. The number of amides is 1. The molecule has 0 radical (unpaired) electrons. The minimum atomic E-state index is -2.30. The zero-order valence-corrected chi connectivity index (χ0v) is 21.0. The molecule has 0 bridgehead atoms. The third-order valence-corrected chi connectivity index (χ3v) is 7.75. The van der Waals surface area contributed by atoms with Gasteiger partial charge >= 0.3 is 0 Å². The van der Waals surface area contributed by atoms with Crippen LogP contribution in [0.5, 0.6) is 0 Å². The SMILES string of the molecule is CC(N)=C(/C=C(\N)C#N)N1CC2(CCC2)c2c(N3CCN(C(=O)C(C#N)(CF)CF)[C@H](C)C3)ncnc21. The van der Waals surface area contributed by atoms with Crippen molar-refractivity contribution in [1.82, 2.24) is 14.9 Å². The van der Waals surface area contributed by atoms with Crippen LogP contribution in [-0.4, -0.2) is 66.3 Å². The Balaban J connectivity index is 1.68. The van der Waals surface area contributed by atoms with Crippen LogP contribution in [0.15, 0.2) is 29.5 Å². The number of allylic oxidation sites excluding steroid dienone is 3. The van der Waals surface area contributed by atoms with Gasteiger partial charge in [0.1, 0.15) is 43.1 Å². The van der Waals surface area contributed by atoms with E-state index in [1.807, 2.05) is 11.0 Å². The van der Waals surface area contributed by atoms with Gasteiger partial charge in [-0.15, -0.1) is 0 Å². The number of fused-ring (bicyclic) bond motifs is 2. The van der Waals surface area contributed by atoms with Crippen LogP contribution >= 0.6 is 0 Å². The zero-order valence-electron chi connectivity index (χ0n) is 21.0. The first-order valence-electron chi connectivity index (χ1n) is 12.2. The predicted octanol–water partition coefficient (Wildman–Crippen LogP) is 1.76. The summed E-state index contributed by atoms with van der Waals surface area (Å²) < 4.78 is 27.1. The van der Waals surface area contributed by atoms with Crippen LogP contribution in [0.1, 0.15) is 38.7 Å². The van der Waals surface area contributed by atoms with Crippen molar-refractivity contribution in [2.24, 2.45) is 16.9 Å². The van der Waals surface area contributed by atoms with Gasteiger partial charge in [0, 0.05) is 48.9 Å². The van der Waals surface area contributed by atoms with Gasteiger partial charge in [0.05, 0.1) is 11.8 Å². The van der Waals surface area contributed by atoms with Gasteiger partial charge in [-0.05, 0) is 32.8 Å². The molecule has 1 saturated carbocycles. The summed E-state index contributed by atoms with van der Waals surface area (Å²) in [6, 6.07) is 3.09. The van der Waals surface area contributed by atoms with E-state index in [4.69, 9.17) is 11.5 Å². The Morgan fingerprint density at radius 2 is 1.92 bits per heavy atom. The molecule has 1 aromatic heterocycles. The summed E-state index contributed by atoms with van der Waals surface area (Å²) >= 11 is 0. The summed E-state index contributed by atoms with van der Waals surface area (Å²) in [5.41, 5.74) is 11.7. The number of hydrogen-bond acceptors (Lipinski definition) is 9. The van der Waals surface area contributed by atoms with Crippen molar-refractivity contribution in [1.29, 1.82) is 10.5 Å². The summed E-state index contributed by atoms with van der Waals surface area (Å²) in [5.74, 6) is 0.632. The van der Waals surface area contributed by atoms with Gasteiger partial charge in [0.25, 0.3) is 0 Å². The standard InChI is InChI=1S/C25H31F2N9O/c1-16-10-34(6-7-35(16)23(37)25(11-26,12-27)13-29)21-20-22(33-15-32-21)36(14-24(20)4-3-5-24)19(17(2)30)8-18(31)9-28/h8,15-16H,3-7,10-12,14,30-31H2,1-2H3/b18-8-,19-17?/t16-/m1/s1. The van der Waals surface area contributed by atoms with E-state index < -0.39 is 30.7 Å². The number of anilines is 2. The van der Waals surface area contributed by atoms with Crippen molar-refractivity contribution in [3.8, 4) is 12.1 Å². The number of nitrogens with zero attached hydrogens (tertiary/aromatic N) is 7. The monoisotopic (exact) mass is 511 g/mol. The third kappa shape index (κ3) is 4.20. The van der Waals surface area contributed by atoms with E-state index in [1.54, 1.807) is 26.0 Å². The minimum absolute atomic E-state index is 0.0369. The molecule has 12 heteroatoms. The first-order valence-corrected chi connectivity index (χ1v) is 12.2. The molecule has 1 aliphatic carbocycles. The summed E-state index contributed by atoms with van der Waals surface area (Å²) in [5, 5.41) is 18.5. The van der Waals surface area contributed by atoms with Crippen molar-refractivity contribution in [2.45, 2.75) is 44.6 Å². The van der Waals surface area contributed by atoms with E-state index in [0.717, 1.165) is 30.6 Å². The molecular formula is C25H31F2N9O. The van der Waals surface area contributed by atoms with Gasteiger partial charge in [-0.1, -0.05) is 6.42 Å². The first-order chi connectivity index (χ1) is 17.7. The highest BCUT2D eigenvalue weighted by Gasteiger charge is 2.52. The fraction of sp³-hybridized carbons (Fsp3) is 0.560. The average Bonchev–Trinajstić information content (AvgIpc) is 3.24. The second kappa shape index (κ2) is 9.85. The highest BCUT2D eigenvalue weighted by atomic mass is 19.1. The third-order valence-electron chi connectivity index (χ3n) is 7.75. The number of nitrogens with two attached hydrogens (primary N) is 2. The topological polar surface area (TPSA) is 152 Å². The molecule has 37 heavy (non-hydrogen) atoms. The fourth-order valence-corrected chi connectivity index (χ4v) is 5.52. The molecule has 4 N–H and O–H groups in total. The highest BCUT2D eigenvalue weighted by molar-refractivity contribution is 5.86. The highest BCUT2D eigenvalue weighted by Crippen LogP contribution is 2.55. The van der Waals surface area contributed by atoms with Gasteiger partial charge in [0.15, 0.2) is 5.41 Å². The average molecular weight is 512 g/mol. The number of alkyl halides is 2. The summed E-state index contributed by atoms with van der Waals surface area (Å²) in [4.78, 5) is 27.6. The molecule has 4 rings (SSSR count). The second-order valence-corrected chi connectivity index (χ2v) is 10.2. The van der Waals surface area contributed by atoms with E-state index >= 15 is 0 Å². The molecular weight excluding hydrogens is 480 g/mol. The van der Waals surface area contributed by atoms with E-state index in [0.29, 0.717) is 36.8 Å². The lowest BCUT2D eigenvalue weighted by Crippen LogP contribution is -2.58. The van der Waals surface area contributed by atoms with E-state index in [2.05, 4.69) is 14.9 Å². The van der Waals surface area contributed by atoms with E-state index in [-0.39, 0.29) is 17.7 Å². The number of aromatic nitrogens is 2.